The van der Waals surface area contributed by atoms with Crippen LogP contribution in [0.15, 0.2) is 40.4 Å². The summed E-state index contributed by atoms with van der Waals surface area (Å²) in [5.41, 5.74) is 0. The summed E-state index contributed by atoms with van der Waals surface area (Å²) in [6.07, 6.45) is 1.48. The SMILES string of the molecule is Clc1ccc(Sc2nc(Cl)ncc2Cl)cc1. The molecule has 2 nitrogen and oxygen atoms in total. The van der Waals surface area contributed by atoms with Crippen molar-refractivity contribution in [3.63, 3.8) is 0 Å². The van der Waals surface area contributed by atoms with E-state index in [1.807, 2.05) is 12.1 Å². The number of benzene rings is 1. The average Bonchev–Trinajstić information content (AvgIpc) is 2.27. The zero-order valence-electron chi connectivity index (χ0n) is 7.82. The maximum atomic E-state index is 5.95. The minimum atomic E-state index is 0.181. The lowest BCUT2D eigenvalue weighted by atomic mass is 10.4. The lowest BCUT2D eigenvalue weighted by molar-refractivity contribution is 1.05. The zero-order valence-corrected chi connectivity index (χ0v) is 10.9. The van der Waals surface area contributed by atoms with Gasteiger partial charge >= 0.3 is 0 Å². The van der Waals surface area contributed by atoms with Crippen molar-refractivity contribution in [2.45, 2.75) is 9.92 Å². The maximum Gasteiger partial charge on any atom is 0.223 e. The molecule has 1 heterocycles. The molecule has 0 N–H and O–H groups in total. The number of rotatable bonds is 2. The second-order valence-corrected chi connectivity index (χ2v) is 5.09. The van der Waals surface area contributed by atoms with Crippen LogP contribution < -0.4 is 0 Å². The molecule has 0 bridgehead atoms. The van der Waals surface area contributed by atoms with Crippen LogP contribution in [0.25, 0.3) is 0 Å². The van der Waals surface area contributed by atoms with Crippen molar-refractivity contribution in [2.24, 2.45) is 0 Å². The molecule has 1 aromatic carbocycles. The van der Waals surface area contributed by atoms with Crippen LogP contribution in [0.2, 0.25) is 15.3 Å². The standard InChI is InChI=1S/C10H5Cl3N2S/c11-6-1-3-7(4-2-6)16-9-8(12)5-14-10(13)15-9/h1-5H. The van der Waals surface area contributed by atoms with Gasteiger partial charge in [-0.3, -0.25) is 0 Å². The van der Waals surface area contributed by atoms with Gasteiger partial charge in [-0.2, -0.15) is 0 Å². The molecule has 0 spiro atoms. The highest BCUT2D eigenvalue weighted by atomic mass is 35.5. The Kier molecular flexibility index (Phi) is 3.92. The van der Waals surface area contributed by atoms with Crippen LogP contribution >= 0.6 is 46.6 Å². The molecule has 0 radical (unpaired) electrons. The summed E-state index contributed by atoms with van der Waals surface area (Å²) in [6.45, 7) is 0. The predicted molar refractivity (Wildman–Crippen MR) is 67.6 cm³/mol. The predicted octanol–water partition coefficient (Wildman–Crippen LogP) is 4.59. The molecule has 0 atom stereocenters. The van der Waals surface area contributed by atoms with Gasteiger partial charge in [0.2, 0.25) is 5.28 Å². The average molecular weight is 292 g/mol. The fraction of sp³-hybridized carbons (Fsp3) is 0. The van der Waals surface area contributed by atoms with Crippen LogP contribution in [0.5, 0.6) is 0 Å². The summed E-state index contributed by atoms with van der Waals surface area (Å²) in [4.78, 5) is 8.81. The lowest BCUT2D eigenvalue weighted by Gasteiger charge is -2.02. The van der Waals surface area contributed by atoms with Crippen molar-refractivity contribution in [3.8, 4) is 0 Å². The summed E-state index contributed by atoms with van der Waals surface area (Å²) in [5, 5.41) is 1.98. The Morgan fingerprint density at radius 2 is 1.69 bits per heavy atom. The molecule has 0 aliphatic heterocycles. The van der Waals surface area contributed by atoms with Crippen molar-refractivity contribution in [1.82, 2.24) is 9.97 Å². The molecule has 82 valence electrons. The number of hydrogen-bond acceptors (Lipinski definition) is 3. The van der Waals surface area contributed by atoms with Gasteiger partial charge in [-0.05, 0) is 35.9 Å². The molecule has 16 heavy (non-hydrogen) atoms. The van der Waals surface area contributed by atoms with Crippen molar-refractivity contribution in [1.29, 1.82) is 0 Å². The Morgan fingerprint density at radius 3 is 2.38 bits per heavy atom. The highest BCUT2D eigenvalue weighted by Gasteiger charge is 2.06. The highest BCUT2D eigenvalue weighted by Crippen LogP contribution is 2.32. The topological polar surface area (TPSA) is 25.8 Å². The van der Waals surface area contributed by atoms with E-state index in [9.17, 15) is 0 Å². The van der Waals surface area contributed by atoms with Crippen LogP contribution in [0.4, 0.5) is 0 Å². The normalized spacial score (nSPS) is 10.4. The zero-order chi connectivity index (χ0) is 11.5. The summed E-state index contributed by atoms with van der Waals surface area (Å²) in [5.74, 6) is 0. The second-order valence-electron chi connectivity index (χ2n) is 2.85. The Labute approximate surface area is 112 Å². The van der Waals surface area contributed by atoms with Crippen molar-refractivity contribution in [3.05, 3.63) is 45.8 Å². The van der Waals surface area contributed by atoms with E-state index < -0.39 is 0 Å². The molecule has 0 aliphatic rings. The van der Waals surface area contributed by atoms with Crippen LogP contribution in [-0.2, 0) is 0 Å². The molecule has 0 unspecified atom stereocenters. The van der Waals surface area contributed by atoms with Gasteiger partial charge in [0, 0.05) is 9.92 Å². The van der Waals surface area contributed by atoms with Crippen LogP contribution in [-0.4, -0.2) is 9.97 Å². The second kappa shape index (κ2) is 5.23. The molecule has 6 heteroatoms. The molecule has 0 fully saturated rings. The number of aromatic nitrogens is 2. The Hall–Kier alpha value is -0.480. The van der Waals surface area contributed by atoms with E-state index in [0.29, 0.717) is 15.1 Å². The molecular formula is C10H5Cl3N2S. The Morgan fingerprint density at radius 1 is 1.00 bits per heavy atom. The van der Waals surface area contributed by atoms with Crippen LogP contribution in [0.1, 0.15) is 0 Å². The van der Waals surface area contributed by atoms with Gasteiger partial charge in [0.25, 0.3) is 0 Å². The van der Waals surface area contributed by atoms with Gasteiger partial charge < -0.3 is 0 Å². The minimum Gasteiger partial charge on any atom is -0.225 e. The van der Waals surface area contributed by atoms with Crippen molar-refractivity contribution < 1.29 is 0 Å². The number of hydrogen-bond donors (Lipinski definition) is 0. The smallest absolute Gasteiger partial charge is 0.223 e. The van der Waals surface area contributed by atoms with E-state index in [1.165, 1.54) is 18.0 Å². The van der Waals surface area contributed by atoms with E-state index in [-0.39, 0.29) is 5.28 Å². The van der Waals surface area contributed by atoms with E-state index >= 15 is 0 Å². The van der Waals surface area contributed by atoms with Crippen LogP contribution in [0.3, 0.4) is 0 Å². The first-order valence-electron chi connectivity index (χ1n) is 4.26. The summed E-state index contributed by atoms with van der Waals surface area (Å²) < 4.78 is 0. The molecule has 1 aromatic heterocycles. The Balaban J connectivity index is 2.26. The van der Waals surface area contributed by atoms with Gasteiger partial charge in [-0.1, -0.05) is 35.0 Å². The third-order valence-electron chi connectivity index (χ3n) is 1.71. The number of halogens is 3. The minimum absolute atomic E-state index is 0.181. The first-order chi connectivity index (χ1) is 7.65. The van der Waals surface area contributed by atoms with Gasteiger partial charge in [0.15, 0.2) is 0 Å². The van der Waals surface area contributed by atoms with Gasteiger partial charge in [-0.15, -0.1) is 0 Å². The van der Waals surface area contributed by atoms with Crippen LogP contribution in [0, 0.1) is 0 Å². The molecular weight excluding hydrogens is 287 g/mol. The van der Waals surface area contributed by atoms with Gasteiger partial charge in [0.1, 0.15) is 5.03 Å². The molecule has 0 saturated heterocycles. The third kappa shape index (κ3) is 3.01. The van der Waals surface area contributed by atoms with Crippen molar-refractivity contribution >= 4 is 46.6 Å². The Bertz CT molecular complexity index is 502. The molecule has 0 amide bonds. The van der Waals surface area contributed by atoms with Crippen molar-refractivity contribution in [2.75, 3.05) is 0 Å². The molecule has 2 rings (SSSR count). The largest absolute Gasteiger partial charge is 0.225 e. The molecule has 0 saturated carbocycles. The third-order valence-corrected chi connectivity index (χ3v) is 3.55. The van der Waals surface area contributed by atoms with Gasteiger partial charge in [0.05, 0.1) is 11.2 Å². The summed E-state index contributed by atoms with van der Waals surface area (Å²) >= 11 is 18.8. The quantitative estimate of drug-likeness (QED) is 0.598. The van der Waals surface area contributed by atoms with E-state index in [0.717, 1.165) is 4.90 Å². The number of nitrogens with zero attached hydrogens (tertiary/aromatic N) is 2. The fourth-order valence-corrected chi connectivity index (χ4v) is 2.31. The molecule has 2 aromatic rings. The van der Waals surface area contributed by atoms with E-state index in [1.54, 1.807) is 12.1 Å². The lowest BCUT2D eigenvalue weighted by Crippen LogP contribution is -1.86. The van der Waals surface area contributed by atoms with Gasteiger partial charge in [-0.25, -0.2) is 9.97 Å². The first-order valence-corrected chi connectivity index (χ1v) is 6.21. The monoisotopic (exact) mass is 290 g/mol. The first kappa shape index (κ1) is 12.0. The summed E-state index contributed by atoms with van der Waals surface area (Å²) in [7, 11) is 0. The fourth-order valence-electron chi connectivity index (χ4n) is 1.02. The van der Waals surface area contributed by atoms with E-state index in [2.05, 4.69) is 9.97 Å². The van der Waals surface area contributed by atoms with E-state index in [4.69, 9.17) is 34.8 Å². The highest BCUT2D eigenvalue weighted by molar-refractivity contribution is 7.99. The maximum absolute atomic E-state index is 5.95. The molecule has 0 aliphatic carbocycles. The summed E-state index contributed by atoms with van der Waals surface area (Å²) in [6, 6.07) is 7.39.